The highest BCUT2D eigenvalue weighted by Gasteiger charge is 2.31. The van der Waals surface area contributed by atoms with Gasteiger partial charge in [-0.15, -0.1) is 0 Å². The van der Waals surface area contributed by atoms with Crippen LogP contribution in [0.4, 0.5) is 0 Å². The summed E-state index contributed by atoms with van der Waals surface area (Å²) < 4.78 is 5.12. The Kier molecular flexibility index (Phi) is 7.54. The van der Waals surface area contributed by atoms with E-state index in [-0.39, 0.29) is 24.2 Å². The molecular formula is C26H34N2O4. The highest BCUT2D eigenvalue weighted by molar-refractivity contribution is 6.01. The fraction of sp³-hybridized carbons (Fsp3) is 0.500. The summed E-state index contributed by atoms with van der Waals surface area (Å²) in [4.78, 5) is 43.1. The van der Waals surface area contributed by atoms with Crippen LogP contribution in [0.3, 0.4) is 0 Å². The molecule has 32 heavy (non-hydrogen) atoms. The minimum Gasteiger partial charge on any atom is -0.462 e. The molecular weight excluding hydrogens is 404 g/mol. The molecule has 1 aliphatic heterocycles. The summed E-state index contributed by atoms with van der Waals surface area (Å²) >= 11 is 0. The Balaban J connectivity index is 1.63. The number of Topliss-reactive ketones (excluding diaryl/α,β-unsaturated/α-hetero) is 1. The number of nitrogens with zero attached hydrogens (tertiary/aromatic N) is 1. The van der Waals surface area contributed by atoms with Gasteiger partial charge in [-0.2, -0.15) is 0 Å². The number of amides is 1. The van der Waals surface area contributed by atoms with E-state index in [9.17, 15) is 14.4 Å². The third-order valence-corrected chi connectivity index (χ3v) is 6.17. The number of benzene rings is 1. The lowest BCUT2D eigenvalue weighted by molar-refractivity contribution is 0.0524. The fourth-order valence-corrected chi connectivity index (χ4v) is 4.49. The first-order valence-corrected chi connectivity index (χ1v) is 11.5. The molecule has 1 N–H and O–H groups in total. The predicted molar refractivity (Wildman–Crippen MR) is 124 cm³/mol. The summed E-state index contributed by atoms with van der Waals surface area (Å²) in [5, 5.41) is 0. The van der Waals surface area contributed by atoms with Crippen molar-refractivity contribution in [2.45, 2.75) is 53.9 Å². The van der Waals surface area contributed by atoms with Gasteiger partial charge in [-0.1, -0.05) is 38.1 Å². The number of aromatic amines is 1. The number of nitrogens with one attached hydrogen (secondary N) is 1. The van der Waals surface area contributed by atoms with Crippen molar-refractivity contribution in [3.8, 4) is 0 Å². The molecule has 3 rings (SSSR count). The van der Waals surface area contributed by atoms with E-state index in [1.54, 1.807) is 25.7 Å². The number of carbonyl (C=O) groups is 3. The second kappa shape index (κ2) is 10.2. The molecule has 2 aromatic rings. The molecule has 0 saturated carbocycles. The summed E-state index contributed by atoms with van der Waals surface area (Å²) in [6, 6.07) is 7.95. The second-order valence-electron chi connectivity index (χ2n) is 9.07. The van der Waals surface area contributed by atoms with Gasteiger partial charge in [-0.05, 0) is 57.1 Å². The SMILES string of the molecule is CCOC(=O)c1c(C)[nH]c(C(=O)N2CCC(C(=O)c3ccc(CC(C)C)cc3)CC2)c1C. The Morgan fingerprint density at radius 1 is 1.09 bits per heavy atom. The Morgan fingerprint density at radius 2 is 1.72 bits per heavy atom. The molecule has 2 heterocycles. The van der Waals surface area contributed by atoms with Crippen molar-refractivity contribution in [3.05, 3.63) is 57.9 Å². The molecule has 0 radical (unpaired) electrons. The smallest absolute Gasteiger partial charge is 0.340 e. The van der Waals surface area contributed by atoms with E-state index in [0.29, 0.717) is 54.4 Å². The van der Waals surface area contributed by atoms with Gasteiger partial charge in [0.1, 0.15) is 5.69 Å². The lowest BCUT2D eigenvalue weighted by Crippen LogP contribution is -2.40. The molecule has 0 atom stereocenters. The third-order valence-electron chi connectivity index (χ3n) is 6.17. The lowest BCUT2D eigenvalue weighted by Gasteiger charge is -2.31. The maximum absolute atomic E-state index is 13.1. The van der Waals surface area contributed by atoms with Gasteiger partial charge in [0.15, 0.2) is 5.78 Å². The van der Waals surface area contributed by atoms with Crippen molar-refractivity contribution in [2.24, 2.45) is 11.8 Å². The first-order valence-electron chi connectivity index (χ1n) is 11.5. The average Bonchev–Trinajstić information content (AvgIpc) is 3.07. The van der Waals surface area contributed by atoms with Crippen LogP contribution in [0, 0.1) is 25.7 Å². The number of rotatable bonds is 7. The number of carbonyl (C=O) groups excluding carboxylic acids is 3. The predicted octanol–water partition coefficient (Wildman–Crippen LogP) is 4.74. The molecule has 1 aromatic carbocycles. The number of aromatic nitrogens is 1. The van der Waals surface area contributed by atoms with Gasteiger partial charge in [0.05, 0.1) is 12.2 Å². The van der Waals surface area contributed by atoms with Gasteiger partial charge in [0, 0.05) is 30.3 Å². The first kappa shape index (κ1) is 23.8. The van der Waals surface area contributed by atoms with Crippen LogP contribution in [0.15, 0.2) is 24.3 Å². The number of H-pyrrole nitrogens is 1. The van der Waals surface area contributed by atoms with E-state index in [2.05, 4.69) is 18.8 Å². The third kappa shape index (κ3) is 5.12. The molecule has 1 amide bonds. The van der Waals surface area contributed by atoms with E-state index in [1.165, 1.54) is 5.56 Å². The maximum atomic E-state index is 13.1. The van der Waals surface area contributed by atoms with E-state index in [1.807, 2.05) is 24.3 Å². The van der Waals surface area contributed by atoms with Gasteiger partial charge in [-0.3, -0.25) is 9.59 Å². The van der Waals surface area contributed by atoms with E-state index < -0.39 is 5.97 Å². The number of ketones is 1. The highest BCUT2D eigenvalue weighted by Crippen LogP contribution is 2.26. The van der Waals surface area contributed by atoms with Crippen molar-refractivity contribution in [1.29, 1.82) is 0 Å². The summed E-state index contributed by atoms with van der Waals surface area (Å²) in [6.45, 7) is 11.0. The van der Waals surface area contributed by atoms with Crippen molar-refractivity contribution in [2.75, 3.05) is 19.7 Å². The topological polar surface area (TPSA) is 79.5 Å². The Morgan fingerprint density at radius 3 is 2.28 bits per heavy atom. The number of aryl methyl sites for hydroxylation is 1. The zero-order valence-corrected chi connectivity index (χ0v) is 19.8. The summed E-state index contributed by atoms with van der Waals surface area (Å²) in [5.74, 6) is 0.117. The summed E-state index contributed by atoms with van der Waals surface area (Å²) in [7, 11) is 0. The van der Waals surface area contributed by atoms with Crippen LogP contribution in [0.25, 0.3) is 0 Å². The van der Waals surface area contributed by atoms with Crippen LogP contribution in [0.5, 0.6) is 0 Å². The van der Waals surface area contributed by atoms with Gasteiger partial charge in [0.2, 0.25) is 0 Å². The average molecular weight is 439 g/mol. The van der Waals surface area contributed by atoms with Gasteiger partial charge < -0.3 is 14.6 Å². The molecule has 0 aliphatic carbocycles. The quantitative estimate of drug-likeness (QED) is 0.500. The monoisotopic (exact) mass is 438 g/mol. The molecule has 6 heteroatoms. The van der Waals surface area contributed by atoms with Gasteiger partial charge in [0.25, 0.3) is 5.91 Å². The van der Waals surface area contributed by atoms with Crippen molar-refractivity contribution < 1.29 is 19.1 Å². The van der Waals surface area contributed by atoms with Gasteiger partial charge >= 0.3 is 5.97 Å². The molecule has 1 fully saturated rings. The normalized spacial score (nSPS) is 14.6. The zero-order chi connectivity index (χ0) is 23.4. The largest absolute Gasteiger partial charge is 0.462 e. The number of piperidine rings is 1. The molecule has 1 saturated heterocycles. The van der Waals surface area contributed by atoms with E-state index in [4.69, 9.17) is 4.74 Å². The first-order chi connectivity index (χ1) is 15.2. The molecule has 0 unspecified atom stereocenters. The van der Waals surface area contributed by atoms with Crippen molar-refractivity contribution in [3.63, 3.8) is 0 Å². The van der Waals surface area contributed by atoms with Crippen LogP contribution < -0.4 is 0 Å². The zero-order valence-electron chi connectivity index (χ0n) is 19.8. The van der Waals surface area contributed by atoms with Gasteiger partial charge in [-0.25, -0.2) is 4.79 Å². The van der Waals surface area contributed by atoms with Crippen molar-refractivity contribution in [1.82, 2.24) is 9.88 Å². The number of ether oxygens (including phenoxy) is 1. The fourth-order valence-electron chi connectivity index (χ4n) is 4.49. The Bertz CT molecular complexity index is 980. The number of hydrogen-bond acceptors (Lipinski definition) is 4. The van der Waals surface area contributed by atoms with Crippen LogP contribution in [0.1, 0.15) is 81.6 Å². The van der Waals surface area contributed by atoms with Crippen LogP contribution >= 0.6 is 0 Å². The van der Waals surface area contributed by atoms with E-state index in [0.717, 1.165) is 12.0 Å². The van der Waals surface area contributed by atoms with E-state index >= 15 is 0 Å². The minimum absolute atomic E-state index is 0.0726. The molecule has 1 aromatic heterocycles. The maximum Gasteiger partial charge on any atom is 0.340 e. The summed E-state index contributed by atoms with van der Waals surface area (Å²) in [5.41, 5.74) is 4.10. The van der Waals surface area contributed by atoms with Crippen molar-refractivity contribution >= 4 is 17.7 Å². The molecule has 172 valence electrons. The second-order valence-corrected chi connectivity index (χ2v) is 9.07. The summed E-state index contributed by atoms with van der Waals surface area (Å²) in [6.07, 6.45) is 2.29. The lowest BCUT2D eigenvalue weighted by atomic mass is 9.88. The molecule has 0 spiro atoms. The highest BCUT2D eigenvalue weighted by atomic mass is 16.5. The molecule has 1 aliphatic rings. The van der Waals surface area contributed by atoms with Crippen LogP contribution in [-0.4, -0.2) is 47.2 Å². The standard InChI is InChI=1S/C26H34N2O4/c1-6-32-26(31)22-17(4)23(27-18(22)5)25(30)28-13-11-21(12-14-28)24(29)20-9-7-19(8-10-20)15-16(2)3/h7-10,16,21,27H,6,11-15H2,1-5H3. The number of likely N-dealkylation sites (tertiary alicyclic amines) is 1. The Labute approximate surface area is 190 Å². The Hall–Kier alpha value is -2.89. The number of esters is 1. The number of hydrogen-bond donors (Lipinski definition) is 1. The molecule has 6 nitrogen and oxygen atoms in total. The minimum atomic E-state index is -0.415. The van der Waals surface area contributed by atoms with Crippen LogP contribution in [0.2, 0.25) is 0 Å². The van der Waals surface area contributed by atoms with Crippen LogP contribution in [-0.2, 0) is 11.2 Å². The molecule has 0 bridgehead atoms.